The standard InChI is InChI=1S/C29H33N5O6S/c1-15-11-12-20(38-10)16(2)22(15)33-23-19(14-32(37)25-21(23)31-17(3)41-25)18(13-30)24(33)34(26(35)39-28(4,5)6)27(36)40-29(7,8)9/h11-12,14H,1-10H3. The Bertz CT molecular complexity index is 1720. The van der Waals surface area contributed by atoms with E-state index in [2.05, 4.69) is 11.1 Å². The molecule has 0 bridgehead atoms. The number of carbonyl (C=O) groups is 2. The lowest BCUT2D eigenvalue weighted by atomic mass is 10.1. The molecule has 0 aliphatic carbocycles. The fourth-order valence-electron chi connectivity index (χ4n) is 4.62. The molecule has 0 atom stereocenters. The number of anilines is 1. The fourth-order valence-corrected chi connectivity index (χ4v) is 5.42. The molecular weight excluding hydrogens is 546 g/mol. The smallest absolute Gasteiger partial charge is 0.425 e. The molecule has 0 radical (unpaired) electrons. The van der Waals surface area contributed by atoms with Crippen LogP contribution in [-0.2, 0) is 9.47 Å². The maximum atomic E-state index is 13.8. The highest BCUT2D eigenvalue weighted by Gasteiger charge is 2.40. The topological polar surface area (TPSA) is 134 Å². The van der Waals surface area contributed by atoms with Gasteiger partial charge >= 0.3 is 17.0 Å². The number of aromatic nitrogens is 3. The number of aryl methyl sites for hydroxylation is 2. The number of imide groups is 1. The molecule has 216 valence electrons. The summed E-state index contributed by atoms with van der Waals surface area (Å²) in [5, 5.41) is 24.5. The monoisotopic (exact) mass is 579 g/mol. The first-order valence-corrected chi connectivity index (χ1v) is 13.7. The molecule has 0 aliphatic heterocycles. The number of hydrogen-bond donors (Lipinski definition) is 0. The van der Waals surface area contributed by atoms with Gasteiger partial charge < -0.3 is 19.4 Å². The summed E-state index contributed by atoms with van der Waals surface area (Å²) in [6, 6.07) is 5.76. The van der Waals surface area contributed by atoms with Gasteiger partial charge in [-0.3, -0.25) is 4.57 Å². The van der Waals surface area contributed by atoms with E-state index in [0.717, 1.165) is 5.56 Å². The number of nitriles is 1. The average Bonchev–Trinajstić information content (AvgIpc) is 3.35. The zero-order valence-corrected chi connectivity index (χ0v) is 25.6. The van der Waals surface area contributed by atoms with Crippen LogP contribution >= 0.6 is 11.3 Å². The van der Waals surface area contributed by atoms with E-state index in [-0.39, 0.29) is 16.8 Å². The minimum Gasteiger partial charge on any atom is -0.618 e. The predicted molar refractivity (Wildman–Crippen MR) is 156 cm³/mol. The molecule has 3 heterocycles. The number of carbonyl (C=O) groups excluding carboxylic acids is 2. The third-order valence-corrected chi connectivity index (χ3v) is 7.03. The van der Waals surface area contributed by atoms with Crippen molar-refractivity contribution in [2.45, 2.75) is 73.5 Å². The van der Waals surface area contributed by atoms with Gasteiger partial charge in [-0.05, 0) is 73.9 Å². The third-order valence-electron chi connectivity index (χ3n) is 6.07. The maximum Gasteiger partial charge on any atom is 0.425 e. The van der Waals surface area contributed by atoms with Crippen molar-refractivity contribution < 1.29 is 28.5 Å². The number of methoxy groups -OCH3 is 1. The molecule has 1 aromatic carbocycles. The van der Waals surface area contributed by atoms with Crippen LogP contribution in [0.4, 0.5) is 15.4 Å². The number of rotatable bonds is 3. The second kappa shape index (κ2) is 10.2. The van der Waals surface area contributed by atoms with Gasteiger partial charge in [-0.25, -0.2) is 14.6 Å². The van der Waals surface area contributed by atoms with E-state index < -0.39 is 23.4 Å². The van der Waals surface area contributed by atoms with Gasteiger partial charge in [0.05, 0.1) is 28.7 Å². The molecule has 12 heteroatoms. The number of nitrogens with zero attached hydrogens (tertiary/aromatic N) is 5. The first kappa shape index (κ1) is 29.6. The van der Waals surface area contributed by atoms with E-state index in [4.69, 9.17) is 14.2 Å². The molecule has 0 aliphatic rings. The summed E-state index contributed by atoms with van der Waals surface area (Å²) in [4.78, 5) is 33.3. The summed E-state index contributed by atoms with van der Waals surface area (Å²) in [5.74, 6) is 0.405. The van der Waals surface area contributed by atoms with Gasteiger partial charge in [0.25, 0.3) is 0 Å². The van der Waals surface area contributed by atoms with E-state index in [1.165, 1.54) is 24.6 Å². The summed E-state index contributed by atoms with van der Waals surface area (Å²) in [7, 11) is 1.53. The Morgan fingerprint density at radius 3 is 2.17 bits per heavy atom. The van der Waals surface area contributed by atoms with Gasteiger partial charge in [-0.2, -0.15) is 14.9 Å². The van der Waals surface area contributed by atoms with E-state index in [0.29, 0.717) is 47.5 Å². The molecule has 0 saturated heterocycles. The van der Waals surface area contributed by atoms with E-state index >= 15 is 0 Å². The van der Waals surface area contributed by atoms with Crippen molar-refractivity contribution in [2.24, 2.45) is 0 Å². The van der Waals surface area contributed by atoms with Crippen molar-refractivity contribution in [1.82, 2.24) is 9.55 Å². The van der Waals surface area contributed by atoms with Crippen molar-refractivity contribution in [1.29, 1.82) is 5.26 Å². The number of ether oxygens (including phenoxy) is 3. The maximum absolute atomic E-state index is 13.8. The van der Waals surface area contributed by atoms with Crippen LogP contribution < -0.4 is 14.4 Å². The number of hydrogen-bond acceptors (Lipinski definition) is 9. The van der Waals surface area contributed by atoms with Crippen LogP contribution in [0.5, 0.6) is 5.75 Å². The first-order valence-electron chi connectivity index (χ1n) is 12.9. The molecule has 4 aromatic rings. The Morgan fingerprint density at radius 2 is 1.66 bits per heavy atom. The summed E-state index contributed by atoms with van der Waals surface area (Å²) < 4.78 is 19.2. The molecule has 0 saturated carbocycles. The molecule has 0 spiro atoms. The SMILES string of the molecule is COc1ccc(C)c(-n2c(N(C(=O)OC(C)(C)C)C(=O)OC(C)(C)C)c(C#N)c3c[n+]([O-])c4sc(C)nc4c32)c1C. The zero-order valence-electron chi connectivity index (χ0n) is 24.8. The van der Waals surface area contributed by atoms with Crippen LogP contribution in [0.15, 0.2) is 18.3 Å². The Kier molecular flexibility index (Phi) is 7.39. The lowest BCUT2D eigenvalue weighted by Gasteiger charge is -2.30. The van der Waals surface area contributed by atoms with E-state index in [9.17, 15) is 20.1 Å². The van der Waals surface area contributed by atoms with Crippen molar-refractivity contribution in [3.63, 3.8) is 0 Å². The molecule has 2 amide bonds. The number of fused-ring (bicyclic) bond motifs is 3. The van der Waals surface area contributed by atoms with Gasteiger partial charge in [0.2, 0.25) is 0 Å². The third kappa shape index (κ3) is 5.37. The number of thiazole rings is 1. The Hall–Kier alpha value is -4.37. The Balaban J connectivity index is 2.28. The summed E-state index contributed by atoms with van der Waals surface area (Å²) in [5.41, 5.74) is 0.576. The molecular formula is C29H33N5O6S. The van der Waals surface area contributed by atoms with Crippen LogP contribution in [0.2, 0.25) is 0 Å². The second-order valence-corrected chi connectivity index (χ2v) is 12.8. The second-order valence-electron chi connectivity index (χ2n) is 11.6. The predicted octanol–water partition coefficient (Wildman–Crippen LogP) is 6.36. The molecule has 0 fully saturated rings. The largest absolute Gasteiger partial charge is 0.618 e. The van der Waals surface area contributed by atoms with E-state index in [1.807, 2.05) is 19.9 Å². The summed E-state index contributed by atoms with van der Waals surface area (Å²) in [6.07, 6.45) is -0.835. The molecule has 0 N–H and O–H groups in total. The highest BCUT2D eigenvalue weighted by Crippen LogP contribution is 2.42. The Labute approximate surface area is 242 Å². The lowest BCUT2D eigenvalue weighted by molar-refractivity contribution is -0.573. The van der Waals surface area contributed by atoms with Gasteiger partial charge in [-0.15, -0.1) is 0 Å². The minimum atomic E-state index is -1.05. The lowest BCUT2D eigenvalue weighted by Crippen LogP contribution is -2.45. The number of benzene rings is 1. The first-order chi connectivity index (χ1) is 19.0. The number of pyridine rings is 1. The number of amides is 2. The van der Waals surface area contributed by atoms with Crippen LogP contribution in [-0.4, -0.2) is 40.0 Å². The summed E-state index contributed by atoms with van der Waals surface area (Å²) in [6.45, 7) is 15.4. The van der Waals surface area contributed by atoms with Gasteiger partial charge in [-0.1, -0.05) is 17.4 Å². The highest BCUT2D eigenvalue weighted by molar-refractivity contribution is 7.17. The quantitative estimate of drug-likeness (QED) is 0.202. The molecule has 3 aromatic heterocycles. The zero-order chi connectivity index (χ0) is 30.6. The summed E-state index contributed by atoms with van der Waals surface area (Å²) >= 11 is 1.19. The molecule has 41 heavy (non-hydrogen) atoms. The van der Waals surface area contributed by atoms with Crippen LogP contribution in [0.1, 0.15) is 63.2 Å². The van der Waals surface area contributed by atoms with Crippen molar-refractivity contribution in [3.8, 4) is 17.5 Å². The van der Waals surface area contributed by atoms with Gasteiger partial charge in [0.15, 0.2) is 17.5 Å². The molecule has 4 rings (SSSR count). The van der Waals surface area contributed by atoms with Crippen molar-refractivity contribution >= 4 is 50.6 Å². The normalized spacial score (nSPS) is 11.9. The molecule has 0 unspecified atom stereocenters. The van der Waals surface area contributed by atoms with E-state index in [1.54, 1.807) is 59.1 Å². The Morgan fingerprint density at radius 1 is 1.07 bits per heavy atom. The van der Waals surface area contributed by atoms with Crippen LogP contribution in [0.25, 0.3) is 26.9 Å². The minimum absolute atomic E-state index is 0.101. The average molecular weight is 580 g/mol. The van der Waals surface area contributed by atoms with Gasteiger partial charge in [0, 0.05) is 5.56 Å². The van der Waals surface area contributed by atoms with Crippen molar-refractivity contribution in [3.05, 3.63) is 45.2 Å². The fraction of sp³-hybridized carbons (Fsp3) is 0.414. The highest BCUT2D eigenvalue weighted by atomic mass is 32.1. The molecule has 11 nitrogen and oxygen atoms in total. The van der Waals surface area contributed by atoms with Crippen LogP contribution in [0.3, 0.4) is 0 Å². The van der Waals surface area contributed by atoms with Gasteiger partial charge in [0.1, 0.15) is 28.6 Å². The van der Waals surface area contributed by atoms with Crippen LogP contribution in [0, 0.1) is 37.3 Å². The van der Waals surface area contributed by atoms with Crippen molar-refractivity contribution in [2.75, 3.05) is 12.0 Å².